The van der Waals surface area contributed by atoms with E-state index in [-0.39, 0.29) is 0 Å². The molecule has 0 aromatic heterocycles. The highest BCUT2D eigenvalue weighted by molar-refractivity contribution is 14.1. The molecule has 0 saturated carbocycles. The van der Waals surface area contributed by atoms with E-state index < -0.39 is 6.10 Å². The molecule has 1 atom stereocenters. The largest absolute Gasteiger partial charge is 0.386 e. The van der Waals surface area contributed by atoms with E-state index in [0.29, 0.717) is 13.2 Å². The van der Waals surface area contributed by atoms with Crippen LogP contribution in [0.5, 0.6) is 0 Å². The maximum atomic E-state index is 9.81. The molecule has 0 spiro atoms. The van der Waals surface area contributed by atoms with Gasteiger partial charge in [-0.3, -0.25) is 0 Å². The highest BCUT2D eigenvalue weighted by atomic mass is 127. The van der Waals surface area contributed by atoms with Gasteiger partial charge >= 0.3 is 0 Å². The molecule has 14 heavy (non-hydrogen) atoms. The summed E-state index contributed by atoms with van der Waals surface area (Å²) in [5.41, 5.74) is 0.911. The molecule has 0 aliphatic carbocycles. The quantitative estimate of drug-likeness (QED) is 0.825. The Kier molecular flexibility index (Phi) is 5.36. The monoisotopic (exact) mass is 370 g/mol. The van der Waals surface area contributed by atoms with Crippen LogP contribution in [-0.2, 0) is 4.74 Å². The van der Waals surface area contributed by atoms with E-state index in [0.717, 1.165) is 13.6 Å². The van der Waals surface area contributed by atoms with E-state index >= 15 is 0 Å². The van der Waals surface area contributed by atoms with Crippen molar-refractivity contribution in [3.8, 4) is 0 Å². The first-order valence-corrected chi connectivity index (χ1v) is 6.23. The fourth-order valence-corrected chi connectivity index (χ4v) is 2.16. The van der Waals surface area contributed by atoms with Crippen LogP contribution in [0.15, 0.2) is 22.7 Å². The Balaban J connectivity index is 2.77. The summed E-state index contributed by atoms with van der Waals surface area (Å²) in [7, 11) is 0. The van der Waals surface area contributed by atoms with Crippen LogP contribution < -0.4 is 0 Å². The van der Waals surface area contributed by atoms with Crippen molar-refractivity contribution in [2.24, 2.45) is 0 Å². The summed E-state index contributed by atoms with van der Waals surface area (Å²) in [5.74, 6) is 0. The van der Waals surface area contributed by atoms with Crippen LogP contribution in [-0.4, -0.2) is 18.3 Å². The molecular formula is C10H12BrIO2. The van der Waals surface area contributed by atoms with Gasteiger partial charge in [0.05, 0.1) is 6.61 Å². The highest BCUT2D eigenvalue weighted by Gasteiger charge is 2.11. The number of benzene rings is 1. The summed E-state index contributed by atoms with van der Waals surface area (Å²) in [5, 5.41) is 9.81. The summed E-state index contributed by atoms with van der Waals surface area (Å²) < 4.78 is 7.21. The molecule has 1 rings (SSSR count). The SMILES string of the molecule is CCOCC(O)c1cc(Br)ccc1I. The number of aliphatic hydroxyl groups is 1. The molecule has 0 saturated heterocycles. The first-order valence-electron chi connectivity index (χ1n) is 4.36. The number of rotatable bonds is 4. The molecule has 0 aliphatic rings. The Morgan fingerprint density at radius 1 is 1.57 bits per heavy atom. The molecule has 0 heterocycles. The van der Waals surface area contributed by atoms with Crippen LogP contribution in [0.1, 0.15) is 18.6 Å². The van der Waals surface area contributed by atoms with Crippen LogP contribution >= 0.6 is 38.5 Å². The number of ether oxygens (including phenoxy) is 1. The zero-order chi connectivity index (χ0) is 10.6. The topological polar surface area (TPSA) is 29.5 Å². The van der Waals surface area contributed by atoms with Crippen molar-refractivity contribution in [3.63, 3.8) is 0 Å². The summed E-state index contributed by atoms with van der Waals surface area (Å²) in [4.78, 5) is 0. The predicted octanol–water partition coefficient (Wildman–Crippen LogP) is 3.12. The number of hydrogen-bond acceptors (Lipinski definition) is 2. The Bertz CT molecular complexity index is 304. The third kappa shape index (κ3) is 3.49. The summed E-state index contributed by atoms with van der Waals surface area (Å²) >= 11 is 5.59. The number of aliphatic hydroxyl groups excluding tert-OH is 1. The van der Waals surface area contributed by atoms with Gasteiger partial charge in [-0.1, -0.05) is 15.9 Å². The summed E-state index contributed by atoms with van der Waals surface area (Å²) in [6.07, 6.45) is -0.542. The van der Waals surface area contributed by atoms with Crippen molar-refractivity contribution in [2.75, 3.05) is 13.2 Å². The molecule has 1 aromatic rings. The van der Waals surface area contributed by atoms with Crippen LogP contribution in [0.4, 0.5) is 0 Å². The lowest BCUT2D eigenvalue weighted by atomic mass is 10.1. The van der Waals surface area contributed by atoms with Crippen molar-refractivity contribution in [1.29, 1.82) is 0 Å². The number of hydrogen-bond donors (Lipinski definition) is 1. The van der Waals surface area contributed by atoms with Crippen LogP contribution in [0.3, 0.4) is 0 Å². The van der Waals surface area contributed by atoms with E-state index in [1.54, 1.807) is 0 Å². The number of halogens is 2. The van der Waals surface area contributed by atoms with Gasteiger partial charge in [0.25, 0.3) is 0 Å². The van der Waals surface area contributed by atoms with Gasteiger partial charge in [0.1, 0.15) is 6.10 Å². The molecule has 1 N–H and O–H groups in total. The van der Waals surface area contributed by atoms with Gasteiger partial charge in [-0.2, -0.15) is 0 Å². The predicted molar refractivity (Wildman–Crippen MR) is 68.3 cm³/mol. The summed E-state index contributed by atoms with van der Waals surface area (Å²) in [6, 6.07) is 5.85. The molecule has 78 valence electrons. The average molecular weight is 371 g/mol. The Morgan fingerprint density at radius 3 is 2.93 bits per heavy atom. The Labute approximate surface area is 106 Å². The highest BCUT2D eigenvalue weighted by Crippen LogP contribution is 2.24. The molecule has 0 fully saturated rings. The van der Waals surface area contributed by atoms with Crippen molar-refractivity contribution in [3.05, 3.63) is 31.8 Å². The minimum atomic E-state index is -0.542. The van der Waals surface area contributed by atoms with Gasteiger partial charge in [-0.25, -0.2) is 0 Å². The third-order valence-electron chi connectivity index (χ3n) is 1.80. The first kappa shape index (κ1) is 12.4. The zero-order valence-electron chi connectivity index (χ0n) is 7.84. The van der Waals surface area contributed by atoms with Crippen molar-refractivity contribution >= 4 is 38.5 Å². The van der Waals surface area contributed by atoms with Gasteiger partial charge in [0.15, 0.2) is 0 Å². The van der Waals surface area contributed by atoms with E-state index in [1.807, 2.05) is 25.1 Å². The van der Waals surface area contributed by atoms with Crippen LogP contribution in [0.2, 0.25) is 0 Å². The van der Waals surface area contributed by atoms with Crippen molar-refractivity contribution < 1.29 is 9.84 Å². The van der Waals surface area contributed by atoms with E-state index in [9.17, 15) is 5.11 Å². The maximum Gasteiger partial charge on any atom is 0.103 e. The van der Waals surface area contributed by atoms with Gasteiger partial charge in [-0.05, 0) is 53.3 Å². The minimum absolute atomic E-state index is 0.350. The van der Waals surface area contributed by atoms with E-state index in [4.69, 9.17) is 4.74 Å². The third-order valence-corrected chi connectivity index (χ3v) is 3.27. The fourth-order valence-electron chi connectivity index (χ4n) is 1.09. The van der Waals surface area contributed by atoms with Crippen molar-refractivity contribution in [2.45, 2.75) is 13.0 Å². The Morgan fingerprint density at radius 2 is 2.29 bits per heavy atom. The molecule has 0 amide bonds. The lowest BCUT2D eigenvalue weighted by Gasteiger charge is -2.12. The van der Waals surface area contributed by atoms with Crippen LogP contribution in [0, 0.1) is 3.57 Å². The molecule has 1 aromatic carbocycles. The standard InChI is InChI=1S/C10H12BrIO2/c1-2-14-6-10(13)8-5-7(11)3-4-9(8)12/h3-5,10,13H,2,6H2,1H3. The molecule has 0 bridgehead atoms. The van der Waals surface area contributed by atoms with Crippen LogP contribution in [0.25, 0.3) is 0 Å². The second kappa shape index (κ2) is 6.05. The average Bonchev–Trinajstić information content (AvgIpc) is 2.18. The maximum absolute atomic E-state index is 9.81. The Hall–Kier alpha value is 0.350. The lowest BCUT2D eigenvalue weighted by molar-refractivity contribution is 0.0416. The van der Waals surface area contributed by atoms with Gasteiger partial charge in [-0.15, -0.1) is 0 Å². The molecule has 0 aliphatic heterocycles. The summed E-state index contributed by atoms with van der Waals surface area (Å²) in [6.45, 7) is 2.89. The normalized spacial score (nSPS) is 12.9. The smallest absolute Gasteiger partial charge is 0.103 e. The second-order valence-corrected chi connectivity index (χ2v) is 4.92. The van der Waals surface area contributed by atoms with Gasteiger partial charge in [0, 0.05) is 14.6 Å². The second-order valence-electron chi connectivity index (χ2n) is 2.84. The van der Waals surface area contributed by atoms with Gasteiger partial charge < -0.3 is 9.84 Å². The van der Waals surface area contributed by atoms with Gasteiger partial charge in [0.2, 0.25) is 0 Å². The zero-order valence-corrected chi connectivity index (χ0v) is 11.6. The molecule has 4 heteroatoms. The molecule has 2 nitrogen and oxygen atoms in total. The molecule has 0 radical (unpaired) electrons. The minimum Gasteiger partial charge on any atom is -0.386 e. The lowest BCUT2D eigenvalue weighted by Crippen LogP contribution is -2.08. The molecule has 1 unspecified atom stereocenters. The van der Waals surface area contributed by atoms with Crippen molar-refractivity contribution in [1.82, 2.24) is 0 Å². The van der Waals surface area contributed by atoms with E-state index in [2.05, 4.69) is 38.5 Å². The first-order chi connectivity index (χ1) is 6.65. The fraction of sp³-hybridized carbons (Fsp3) is 0.400. The molecular weight excluding hydrogens is 359 g/mol. The van der Waals surface area contributed by atoms with E-state index in [1.165, 1.54) is 0 Å².